The molecule has 1 atom stereocenters. The number of rotatable bonds is 8. The van der Waals surface area contributed by atoms with Gasteiger partial charge in [0.25, 0.3) is 0 Å². The van der Waals surface area contributed by atoms with E-state index in [1.165, 1.54) is 12.8 Å². The molecule has 1 unspecified atom stereocenters. The topological polar surface area (TPSA) is 58.6 Å². The molecule has 0 radical (unpaired) electrons. The molecule has 5 nitrogen and oxygen atoms in total. The lowest BCUT2D eigenvalue weighted by atomic mass is 10.2. The molecule has 0 aromatic rings. The van der Waals surface area contributed by atoms with Gasteiger partial charge in [0.1, 0.15) is 0 Å². The molecule has 1 saturated heterocycles. The van der Waals surface area contributed by atoms with Crippen LogP contribution in [-0.2, 0) is 14.6 Å². The highest BCUT2D eigenvalue weighted by molar-refractivity contribution is 7.91. The zero-order valence-corrected chi connectivity index (χ0v) is 11.9. The van der Waals surface area contributed by atoms with Gasteiger partial charge in [0.2, 0.25) is 0 Å². The van der Waals surface area contributed by atoms with Crippen LogP contribution in [0.4, 0.5) is 0 Å². The van der Waals surface area contributed by atoms with Gasteiger partial charge >= 0.3 is 0 Å². The first-order valence-corrected chi connectivity index (χ1v) is 8.59. The lowest BCUT2D eigenvalue weighted by molar-refractivity contribution is 0.143. The van der Waals surface area contributed by atoms with Crippen LogP contribution in [0.25, 0.3) is 0 Å². The van der Waals surface area contributed by atoms with Gasteiger partial charge in [-0.2, -0.15) is 0 Å². The minimum atomic E-state index is -2.76. The summed E-state index contributed by atoms with van der Waals surface area (Å²) < 4.78 is 27.8. The third kappa shape index (κ3) is 4.50. The largest absolute Gasteiger partial charge is 0.383 e. The minimum absolute atomic E-state index is 0.165. The van der Waals surface area contributed by atoms with Crippen molar-refractivity contribution in [2.45, 2.75) is 31.3 Å². The van der Waals surface area contributed by atoms with Gasteiger partial charge in [-0.1, -0.05) is 0 Å². The standard InChI is InChI=1S/C12H24N2O3S/c1-17-8-7-14(12-2-3-12)6-5-13-11-4-9-18(15,16)10-11/h11-13H,2-10H2,1H3. The van der Waals surface area contributed by atoms with Crippen LogP contribution in [0.3, 0.4) is 0 Å². The molecule has 1 heterocycles. The molecule has 1 saturated carbocycles. The molecule has 0 bridgehead atoms. The first-order valence-electron chi connectivity index (χ1n) is 6.77. The average molecular weight is 276 g/mol. The van der Waals surface area contributed by atoms with E-state index in [2.05, 4.69) is 10.2 Å². The van der Waals surface area contributed by atoms with Gasteiger partial charge in [-0.3, -0.25) is 4.90 Å². The van der Waals surface area contributed by atoms with Crippen LogP contribution in [0.2, 0.25) is 0 Å². The Labute approximate surface area is 110 Å². The zero-order valence-electron chi connectivity index (χ0n) is 11.1. The fourth-order valence-corrected chi connectivity index (χ4v) is 4.20. The Morgan fingerprint density at radius 3 is 2.61 bits per heavy atom. The van der Waals surface area contributed by atoms with Crippen LogP contribution in [-0.4, -0.2) is 70.3 Å². The lowest BCUT2D eigenvalue weighted by Crippen LogP contribution is -2.39. The van der Waals surface area contributed by atoms with Crippen molar-refractivity contribution < 1.29 is 13.2 Å². The number of hydrogen-bond donors (Lipinski definition) is 1. The van der Waals surface area contributed by atoms with E-state index in [1.54, 1.807) is 7.11 Å². The molecular formula is C12H24N2O3S. The summed E-state index contributed by atoms with van der Waals surface area (Å²) in [5.41, 5.74) is 0. The maximum absolute atomic E-state index is 11.3. The van der Waals surface area contributed by atoms with Crippen molar-refractivity contribution in [1.82, 2.24) is 10.2 Å². The Morgan fingerprint density at radius 1 is 1.28 bits per heavy atom. The average Bonchev–Trinajstić information content (AvgIpc) is 3.09. The first kappa shape index (κ1) is 14.2. The molecule has 0 aromatic heterocycles. The van der Waals surface area contributed by atoms with Crippen molar-refractivity contribution in [3.63, 3.8) is 0 Å². The van der Waals surface area contributed by atoms with E-state index < -0.39 is 9.84 Å². The molecule has 18 heavy (non-hydrogen) atoms. The van der Waals surface area contributed by atoms with Crippen LogP contribution in [0.15, 0.2) is 0 Å². The fourth-order valence-electron chi connectivity index (χ4n) is 2.49. The van der Waals surface area contributed by atoms with Crippen molar-refractivity contribution in [1.29, 1.82) is 0 Å². The highest BCUT2D eigenvalue weighted by Gasteiger charge is 2.30. The van der Waals surface area contributed by atoms with Gasteiger partial charge < -0.3 is 10.1 Å². The molecule has 2 aliphatic rings. The van der Waals surface area contributed by atoms with E-state index in [-0.39, 0.29) is 6.04 Å². The normalized spacial score (nSPS) is 26.9. The summed E-state index contributed by atoms with van der Waals surface area (Å²) in [5.74, 6) is 0.662. The molecule has 1 aliphatic carbocycles. The third-order valence-corrected chi connectivity index (χ3v) is 5.48. The summed E-state index contributed by atoms with van der Waals surface area (Å²) in [6.45, 7) is 3.62. The number of nitrogens with zero attached hydrogens (tertiary/aromatic N) is 1. The lowest BCUT2D eigenvalue weighted by Gasteiger charge is -2.22. The van der Waals surface area contributed by atoms with Crippen LogP contribution >= 0.6 is 0 Å². The summed E-state index contributed by atoms with van der Waals surface area (Å²) in [6.07, 6.45) is 3.35. The van der Waals surface area contributed by atoms with Gasteiger partial charge in [0.15, 0.2) is 9.84 Å². The monoisotopic (exact) mass is 276 g/mol. The maximum Gasteiger partial charge on any atom is 0.151 e. The minimum Gasteiger partial charge on any atom is -0.383 e. The van der Waals surface area contributed by atoms with Crippen LogP contribution in [0, 0.1) is 0 Å². The number of ether oxygens (including phenoxy) is 1. The van der Waals surface area contributed by atoms with Crippen molar-refractivity contribution in [2.75, 3.05) is 44.9 Å². The predicted octanol–water partition coefficient (Wildman–Crippen LogP) is -0.126. The highest BCUT2D eigenvalue weighted by Crippen LogP contribution is 2.26. The zero-order chi connectivity index (χ0) is 13.0. The summed E-state index contributed by atoms with van der Waals surface area (Å²) in [4.78, 5) is 2.44. The Hall–Kier alpha value is -0.170. The number of sulfone groups is 1. The summed E-state index contributed by atoms with van der Waals surface area (Å²) in [6, 6.07) is 0.896. The van der Waals surface area contributed by atoms with Crippen molar-refractivity contribution in [3.8, 4) is 0 Å². The molecule has 106 valence electrons. The SMILES string of the molecule is COCCN(CCNC1CCS(=O)(=O)C1)C1CC1. The maximum atomic E-state index is 11.3. The Kier molecular flexibility index (Phi) is 5.00. The molecule has 6 heteroatoms. The van der Waals surface area contributed by atoms with E-state index in [0.717, 1.165) is 38.7 Å². The summed E-state index contributed by atoms with van der Waals surface area (Å²) in [5, 5.41) is 3.37. The fraction of sp³-hybridized carbons (Fsp3) is 1.00. The molecule has 0 aromatic carbocycles. The Balaban J connectivity index is 1.64. The van der Waals surface area contributed by atoms with Gasteiger partial charge in [-0.25, -0.2) is 8.42 Å². The van der Waals surface area contributed by atoms with E-state index in [9.17, 15) is 8.42 Å². The summed E-state index contributed by atoms with van der Waals surface area (Å²) in [7, 11) is -1.03. The van der Waals surface area contributed by atoms with Crippen molar-refractivity contribution in [2.24, 2.45) is 0 Å². The smallest absolute Gasteiger partial charge is 0.151 e. The Morgan fingerprint density at radius 2 is 2.06 bits per heavy atom. The van der Waals surface area contributed by atoms with E-state index in [0.29, 0.717) is 11.5 Å². The number of hydrogen-bond acceptors (Lipinski definition) is 5. The second-order valence-electron chi connectivity index (χ2n) is 5.31. The molecule has 2 rings (SSSR count). The quantitative estimate of drug-likeness (QED) is 0.669. The third-order valence-electron chi connectivity index (χ3n) is 3.71. The molecule has 2 fully saturated rings. The molecule has 0 amide bonds. The van der Waals surface area contributed by atoms with Gasteiger partial charge in [0, 0.05) is 38.8 Å². The van der Waals surface area contributed by atoms with Crippen LogP contribution in [0.5, 0.6) is 0 Å². The van der Waals surface area contributed by atoms with Crippen molar-refractivity contribution in [3.05, 3.63) is 0 Å². The van der Waals surface area contributed by atoms with Crippen LogP contribution < -0.4 is 5.32 Å². The van der Waals surface area contributed by atoms with Crippen molar-refractivity contribution >= 4 is 9.84 Å². The van der Waals surface area contributed by atoms with E-state index in [4.69, 9.17) is 4.74 Å². The number of methoxy groups -OCH3 is 1. The van der Waals surface area contributed by atoms with E-state index in [1.807, 2.05) is 0 Å². The van der Waals surface area contributed by atoms with Gasteiger partial charge in [0.05, 0.1) is 18.1 Å². The molecular weight excluding hydrogens is 252 g/mol. The number of nitrogens with one attached hydrogen (secondary N) is 1. The first-order chi connectivity index (χ1) is 8.61. The Bertz CT molecular complexity index is 354. The van der Waals surface area contributed by atoms with Gasteiger partial charge in [-0.05, 0) is 19.3 Å². The summed E-state index contributed by atoms with van der Waals surface area (Å²) >= 11 is 0. The second kappa shape index (κ2) is 6.32. The molecule has 1 aliphatic heterocycles. The van der Waals surface area contributed by atoms with Gasteiger partial charge in [-0.15, -0.1) is 0 Å². The molecule has 0 spiro atoms. The molecule has 1 N–H and O–H groups in total. The highest BCUT2D eigenvalue weighted by atomic mass is 32.2. The predicted molar refractivity (Wildman–Crippen MR) is 71.5 cm³/mol. The second-order valence-corrected chi connectivity index (χ2v) is 7.54. The van der Waals surface area contributed by atoms with E-state index >= 15 is 0 Å². The van der Waals surface area contributed by atoms with Crippen LogP contribution in [0.1, 0.15) is 19.3 Å².